The molecule has 0 bridgehead atoms. The number of likely N-dealkylation sites (tertiary alicyclic amines) is 1. The third-order valence-corrected chi connectivity index (χ3v) is 4.79. The molecule has 1 aliphatic heterocycles. The maximum atomic E-state index is 12.5. The molecule has 0 spiro atoms. The molecule has 5 nitrogen and oxygen atoms in total. The fraction of sp³-hybridized carbons (Fsp3) is 0.333. The largest absolute Gasteiger partial charge is 0.469 e. The number of hydrogen-bond acceptors (Lipinski definition) is 3. The highest BCUT2D eigenvalue weighted by Gasteiger charge is 2.27. The number of piperidine rings is 1. The van der Waals surface area contributed by atoms with Crippen LogP contribution in [0.5, 0.6) is 0 Å². The molecule has 23 heavy (non-hydrogen) atoms. The number of carbonyl (C=O) groups excluding carboxylic acids is 1. The van der Waals surface area contributed by atoms with E-state index >= 15 is 0 Å². The van der Waals surface area contributed by atoms with Gasteiger partial charge in [-0.3, -0.25) is 4.79 Å². The highest BCUT2D eigenvalue weighted by atomic mass is 16.3. The molecule has 0 aliphatic carbocycles. The van der Waals surface area contributed by atoms with Crippen LogP contribution in [-0.2, 0) is 0 Å². The molecule has 0 atom stereocenters. The monoisotopic (exact) mass is 309 g/mol. The van der Waals surface area contributed by atoms with Crippen LogP contribution in [-0.4, -0.2) is 33.9 Å². The van der Waals surface area contributed by atoms with E-state index in [1.165, 1.54) is 10.9 Å². The van der Waals surface area contributed by atoms with Gasteiger partial charge in [0.1, 0.15) is 11.4 Å². The van der Waals surface area contributed by atoms with Crippen LogP contribution in [0.1, 0.15) is 40.4 Å². The Morgan fingerprint density at radius 2 is 2.17 bits per heavy atom. The molecule has 118 valence electrons. The predicted molar refractivity (Wildman–Crippen MR) is 87.4 cm³/mol. The van der Waals surface area contributed by atoms with Crippen LogP contribution in [0.4, 0.5) is 0 Å². The predicted octanol–water partition coefficient (Wildman–Crippen LogP) is 3.48. The Kier molecular flexibility index (Phi) is 3.41. The summed E-state index contributed by atoms with van der Waals surface area (Å²) in [5.41, 5.74) is 2.94. The Hall–Kier alpha value is -2.56. The molecule has 4 heterocycles. The number of aromatic amines is 1. The molecule has 1 saturated heterocycles. The van der Waals surface area contributed by atoms with E-state index < -0.39 is 0 Å². The Morgan fingerprint density at radius 1 is 1.35 bits per heavy atom. The molecule has 0 aromatic carbocycles. The maximum absolute atomic E-state index is 12.5. The quantitative estimate of drug-likeness (QED) is 0.788. The number of carbonyl (C=O) groups is 1. The lowest BCUT2D eigenvalue weighted by atomic mass is 9.89. The van der Waals surface area contributed by atoms with Crippen molar-refractivity contribution in [1.29, 1.82) is 0 Å². The van der Waals surface area contributed by atoms with Gasteiger partial charge in [-0.15, -0.1) is 0 Å². The highest BCUT2D eigenvalue weighted by molar-refractivity contribution is 5.95. The van der Waals surface area contributed by atoms with Crippen LogP contribution in [0.3, 0.4) is 0 Å². The summed E-state index contributed by atoms with van der Waals surface area (Å²) in [7, 11) is 0. The van der Waals surface area contributed by atoms with Crippen LogP contribution in [0.15, 0.2) is 41.3 Å². The second-order valence-electron chi connectivity index (χ2n) is 6.10. The first-order valence-corrected chi connectivity index (χ1v) is 7.99. The summed E-state index contributed by atoms with van der Waals surface area (Å²) in [5.74, 6) is 1.25. The molecule has 0 radical (unpaired) electrons. The Labute approximate surface area is 134 Å². The number of nitrogens with zero attached hydrogens (tertiary/aromatic N) is 2. The number of aryl methyl sites for hydroxylation is 1. The van der Waals surface area contributed by atoms with E-state index in [2.05, 4.69) is 22.2 Å². The van der Waals surface area contributed by atoms with Crippen molar-refractivity contribution in [2.24, 2.45) is 0 Å². The molecule has 1 amide bonds. The second kappa shape index (κ2) is 5.57. The molecule has 0 unspecified atom stereocenters. The van der Waals surface area contributed by atoms with Crippen LogP contribution in [0.2, 0.25) is 0 Å². The lowest BCUT2D eigenvalue weighted by Crippen LogP contribution is -2.38. The first-order valence-electron chi connectivity index (χ1n) is 7.99. The van der Waals surface area contributed by atoms with E-state index in [4.69, 9.17) is 4.42 Å². The Balaban J connectivity index is 1.49. The zero-order valence-electron chi connectivity index (χ0n) is 13.1. The normalized spacial score (nSPS) is 16.1. The van der Waals surface area contributed by atoms with Crippen LogP contribution in [0, 0.1) is 6.92 Å². The van der Waals surface area contributed by atoms with E-state index in [9.17, 15) is 4.79 Å². The topological polar surface area (TPSA) is 62.1 Å². The van der Waals surface area contributed by atoms with Crippen molar-refractivity contribution >= 4 is 16.9 Å². The lowest BCUT2D eigenvalue weighted by molar-refractivity contribution is 0.0711. The van der Waals surface area contributed by atoms with Gasteiger partial charge in [0.25, 0.3) is 5.91 Å². The third kappa shape index (κ3) is 2.42. The van der Waals surface area contributed by atoms with Gasteiger partial charge in [0.05, 0.1) is 11.8 Å². The Morgan fingerprint density at radius 3 is 2.91 bits per heavy atom. The molecule has 1 N–H and O–H groups in total. The summed E-state index contributed by atoms with van der Waals surface area (Å²) in [4.78, 5) is 22.1. The number of nitrogens with one attached hydrogen (secondary N) is 1. The third-order valence-electron chi connectivity index (χ3n) is 4.79. The molecule has 1 fully saturated rings. The summed E-state index contributed by atoms with van der Waals surface area (Å²) in [6.07, 6.45) is 7.40. The van der Waals surface area contributed by atoms with E-state index in [0.717, 1.165) is 31.6 Å². The lowest BCUT2D eigenvalue weighted by Gasteiger charge is -2.31. The van der Waals surface area contributed by atoms with Gasteiger partial charge in [-0.05, 0) is 49.4 Å². The number of rotatable bonds is 2. The molecule has 3 aromatic heterocycles. The van der Waals surface area contributed by atoms with Crippen molar-refractivity contribution in [3.05, 3.63) is 53.7 Å². The molecule has 1 aliphatic rings. The van der Waals surface area contributed by atoms with Gasteiger partial charge < -0.3 is 14.3 Å². The van der Waals surface area contributed by atoms with Gasteiger partial charge in [-0.1, -0.05) is 0 Å². The average molecular weight is 309 g/mol. The minimum atomic E-state index is 0.0790. The van der Waals surface area contributed by atoms with E-state index in [-0.39, 0.29) is 5.91 Å². The molecule has 5 heteroatoms. The fourth-order valence-corrected chi connectivity index (χ4v) is 3.49. The smallest absolute Gasteiger partial charge is 0.257 e. The maximum Gasteiger partial charge on any atom is 0.257 e. The van der Waals surface area contributed by atoms with Crippen molar-refractivity contribution in [2.75, 3.05) is 13.1 Å². The van der Waals surface area contributed by atoms with E-state index in [1.807, 2.05) is 17.9 Å². The summed E-state index contributed by atoms with van der Waals surface area (Å²) in [6.45, 7) is 3.39. The zero-order chi connectivity index (χ0) is 15.8. The number of hydrogen-bond donors (Lipinski definition) is 1. The molecular weight excluding hydrogens is 290 g/mol. The molecule has 0 saturated carbocycles. The SMILES string of the molecule is Cc1occc1C(=O)N1CCC(c2c[nH]c3ncccc23)CC1. The van der Waals surface area contributed by atoms with Crippen LogP contribution >= 0.6 is 0 Å². The minimum Gasteiger partial charge on any atom is -0.469 e. The second-order valence-corrected chi connectivity index (χ2v) is 6.10. The Bertz CT molecular complexity index is 841. The van der Waals surface area contributed by atoms with Gasteiger partial charge in [-0.25, -0.2) is 4.98 Å². The molecule has 4 rings (SSSR count). The summed E-state index contributed by atoms with van der Waals surface area (Å²) >= 11 is 0. The van der Waals surface area contributed by atoms with Crippen molar-refractivity contribution in [3.63, 3.8) is 0 Å². The number of furan rings is 1. The van der Waals surface area contributed by atoms with Gasteiger partial charge in [-0.2, -0.15) is 0 Å². The summed E-state index contributed by atoms with van der Waals surface area (Å²) < 4.78 is 5.25. The van der Waals surface area contributed by atoms with Crippen molar-refractivity contribution in [3.8, 4) is 0 Å². The van der Waals surface area contributed by atoms with Gasteiger partial charge in [0, 0.05) is 30.9 Å². The molecule has 3 aromatic rings. The molecular formula is C18H19N3O2. The first-order chi connectivity index (χ1) is 11.2. The van der Waals surface area contributed by atoms with E-state index in [1.54, 1.807) is 18.5 Å². The minimum absolute atomic E-state index is 0.0790. The van der Waals surface area contributed by atoms with E-state index in [0.29, 0.717) is 17.2 Å². The fourth-order valence-electron chi connectivity index (χ4n) is 3.49. The highest BCUT2D eigenvalue weighted by Crippen LogP contribution is 2.33. The number of pyridine rings is 1. The van der Waals surface area contributed by atoms with Gasteiger partial charge >= 0.3 is 0 Å². The number of H-pyrrole nitrogens is 1. The van der Waals surface area contributed by atoms with Crippen molar-refractivity contribution < 1.29 is 9.21 Å². The van der Waals surface area contributed by atoms with Crippen molar-refractivity contribution in [1.82, 2.24) is 14.9 Å². The van der Waals surface area contributed by atoms with Gasteiger partial charge in [0.2, 0.25) is 0 Å². The number of fused-ring (bicyclic) bond motifs is 1. The summed E-state index contributed by atoms with van der Waals surface area (Å²) in [6, 6.07) is 5.84. The zero-order valence-corrected chi connectivity index (χ0v) is 13.1. The number of aromatic nitrogens is 2. The average Bonchev–Trinajstić information content (AvgIpc) is 3.20. The summed E-state index contributed by atoms with van der Waals surface area (Å²) in [5, 5.41) is 1.20. The standard InChI is InChI=1S/C18H19N3O2/c1-12-14(6-10-23-12)18(22)21-8-4-13(5-9-21)16-11-20-17-15(16)3-2-7-19-17/h2-3,6-7,10-11,13H,4-5,8-9H2,1H3,(H,19,20). The number of amides is 1. The van der Waals surface area contributed by atoms with Crippen LogP contribution in [0.25, 0.3) is 11.0 Å². The first kappa shape index (κ1) is 14.1. The van der Waals surface area contributed by atoms with Crippen molar-refractivity contribution in [2.45, 2.75) is 25.7 Å². The van der Waals surface area contributed by atoms with Crippen LogP contribution < -0.4 is 0 Å². The van der Waals surface area contributed by atoms with Gasteiger partial charge in [0.15, 0.2) is 0 Å².